The highest BCUT2D eigenvalue weighted by molar-refractivity contribution is 5.75. The molecule has 3 N–H and O–H groups in total. The van der Waals surface area contributed by atoms with Crippen LogP contribution in [0.3, 0.4) is 0 Å². The predicted octanol–water partition coefficient (Wildman–Crippen LogP) is 5.55. The molecule has 0 fully saturated rings. The van der Waals surface area contributed by atoms with Crippen molar-refractivity contribution in [1.29, 1.82) is 0 Å². The van der Waals surface area contributed by atoms with E-state index in [1.54, 1.807) is 31.3 Å². The van der Waals surface area contributed by atoms with Gasteiger partial charge in [-0.25, -0.2) is 9.59 Å². The van der Waals surface area contributed by atoms with Crippen LogP contribution in [0.15, 0.2) is 66.7 Å². The summed E-state index contributed by atoms with van der Waals surface area (Å²) < 4.78 is 27.2. The molecule has 3 aromatic rings. The second-order valence-corrected chi connectivity index (χ2v) is 10.8. The minimum absolute atomic E-state index is 0.00265. The minimum atomic E-state index is -0.496. The van der Waals surface area contributed by atoms with Gasteiger partial charge in [0.05, 0.1) is 26.3 Å². The lowest BCUT2D eigenvalue weighted by Gasteiger charge is -2.26. The molecule has 0 spiro atoms. The number of urea groups is 1. The number of amides is 3. The first kappa shape index (κ1) is 33.3. The third-order valence-electron chi connectivity index (χ3n) is 7.49. The van der Waals surface area contributed by atoms with Crippen molar-refractivity contribution in [2.75, 3.05) is 34.2 Å². The standard InChI is InChI=1S/C34H43N3O8/c1-4-5-6-27(35-33(39)36-30(17-18-38)26-11-16-31-32(19-26)45-23-44-31)22-43-34(40)37(20-24-7-12-28(41-2)13-8-24)21-25-9-14-29(42-3)15-10-25/h7-16,19,27,30,38H,4-6,17-18,20-23H2,1-3H3,(H2,35,36,39)/t27?,30-/m0/s1. The Hall–Kier alpha value is -4.64. The number of aliphatic hydroxyl groups excluding tert-OH is 1. The maximum atomic E-state index is 13.5. The molecule has 0 saturated carbocycles. The molecular formula is C34H43N3O8. The molecule has 0 bridgehead atoms. The van der Waals surface area contributed by atoms with Crippen LogP contribution in [0.25, 0.3) is 0 Å². The van der Waals surface area contributed by atoms with E-state index in [-0.39, 0.29) is 20.0 Å². The summed E-state index contributed by atoms with van der Waals surface area (Å²) in [6.07, 6.45) is 2.20. The van der Waals surface area contributed by atoms with Gasteiger partial charge in [-0.1, -0.05) is 50.1 Å². The van der Waals surface area contributed by atoms with E-state index in [0.29, 0.717) is 37.4 Å². The van der Waals surface area contributed by atoms with Crippen molar-refractivity contribution in [3.05, 3.63) is 83.4 Å². The molecule has 0 aliphatic carbocycles. The fraction of sp³-hybridized carbons (Fsp3) is 0.412. The van der Waals surface area contributed by atoms with Gasteiger partial charge in [-0.2, -0.15) is 0 Å². The summed E-state index contributed by atoms with van der Waals surface area (Å²) in [7, 11) is 3.21. The zero-order valence-electron chi connectivity index (χ0n) is 26.1. The summed E-state index contributed by atoms with van der Waals surface area (Å²) in [5.74, 6) is 2.69. The molecule has 1 aliphatic heterocycles. The number of carbonyl (C=O) groups is 2. The van der Waals surface area contributed by atoms with Crippen LogP contribution < -0.4 is 29.6 Å². The Labute approximate surface area is 264 Å². The van der Waals surface area contributed by atoms with E-state index < -0.39 is 24.2 Å². The molecule has 0 saturated heterocycles. The molecule has 0 aromatic heterocycles. The van der Waals surface area contributed by atoms with Crippen LogP contribution in [0.5, 0.6) is 23.0 Å². The number of fused-ring (bicyclic) bond motifs is 1. The Balaban J connectivity index is 1.41. The van der Waals surface area contributed by atoms with Crippen molar-refractivity contribution in [2.24, 2.45) is 0 Å². The van der Waals surface area contributed by atoms with Crippen LogP contribution >= 0.6 is 0 Å². The molecule has 3 aromatic carbocycles. The van der Waals surface area contributed by atoms with Gasteiger partial charge in [0.2, 0.25) is 6.79 Å². The van der Waals surface area contributed by atoms with E-state index in [9.17, 15) is 14.7 Å². The zero-order chi connectivity index (χ0) is 32.0. The van der Waals surface area contributed by atoms with Gasteiger partial charge < -0.3 is 39.4 Å². The number of benzene rings is 3. The van der Waals surface area contributed by atoms with Gasteiger partial charge in [0.15, 0.2) is 11.5 Å². The number of ether oxygens (including phenoxy) is 5. The molecule has 242 valence electrons. The number of hydrogen-bond acceptors (Lipinski definition) is 8. The van der Waals surface area contributed by atoms with Gasteiger partial charge in [-0.05, 0) is 65.9 Å². The SMILES string of the molecule is CCCCC(COC(=O)N(Cc1ccc(OC)cc1)Cc1ccc(OC)cc1)NC(=O)N[C@@H](CCO)c1ccc2c(c1)OCO2. The Morgan fingerprint density at radius 3 is 2.07 bits per heavy atom. The normalized spacial score (nSPS) is 13.0. The first-order valence-electron chi connectivity index (χ1n) is 15.2. The largest absolute Gasteiger partial charge is 0.497 e. The highest BCUT2D eigenvalue weighted by Crippen LogP contribution is 2.34. The number of nitrogens with one attached hydrogen (secondary N) is 2. The van der Waals surface area contributed by atoms with E-state index in [1.807, 2.05) is 54.6 Å². The van der Waals surface area contributed by atoms with E-state index in [0.717, 1.165) is 41.0 Å². The summed E-state index contributed by atoms with van der Waals surface area (Å²) in [5, 5.41) is 15.6. The summed E-state index contributed by atoms with van der Waals surface area (Å²) in [6.45, 7) is 2.73. The lowest BCUT2D eigenvalue weighted by molar-refractivity contribution is 0.0873. The predicted molar refractivity (Wildman–Crippen MR) is 169 cm³/mol. The van der Waals surface area contributed by atoms with Gasteiger partial charge in [-0.3, -0.25) is 4.90 Å². The van der Waals surface area contributed by atoms with Crippen LogP contribution in [0.2, 0.25) is 0 Å². The zero-order valence-corrected chi connectivity index (χ0v) is 26.1. The van der Waals surface area contributed by atoms with Gasteiger partial charge in [-0.15, -0.1) is 0 Å². The lowest BCUT2D eigenvalue weighted by atomic mass is 10.0. The molecule has 3 amide bonds. The molecule has 1 aliphatic rings. The van der Waals surface area contributed by atoms with E-state index >= 15 is 0 Å². The molecule has 1 heterocycles. The fourth-order valence-electron chi connectivity index (χ4n) is 4.96. The van der Waals surface area contributed by atoms with Crippen LogP contribution in [-0.4, -0.2) is 62.4 Å². The fourth-order valence-corrected chi connectivity index (χ4v) is 4.96. The summed E-state index contributed by atoms with van der Waals surface area (Å²) in [4.78, 5) is 28.2. The van der Waals surface area contributed by atoms with E-state index in [2.05, 4.69) is 17.6 Å². The van der Waals surface area contributed by atoms with Crippen molar-refractivity contribution in [2.45, 2.75) is 57.8 Å². The summed E-state index contributed by atoms with van der Waals surface area (Å²) in [5.41, 5.74) is 2.62. The smallest absolute Gasteiger partial charge is 0.410 e. The number of aliphatic hydroxyl groups is 1. The first-order chi connectivity index (χ1) is 21.9. The quantitative estimate of drug-likeness (QED) is 0.190. The van der Waals surface area contributed by atoms with Crippen LogP contribution in [0.4, 0.5) is 9.59 Å². The highest BCUT2D eigenvalue weighted by atomic mass is 16.7. The topological polar surface area (TPSA) is 128 Å². The average molecular weight is 622 g/mol. The van der Waals surface area contributed by atoms with E-state index in [4.69, 9.17) is 23.7 Å². The highest BCUT2D eigenvalue weighted by Gasteiger charge is 2.23. The maximum absolute atomic E-state index is 13.5. The third-order valence-corrected chi connectivity index (χ3v) is 7.49. The van der Waals surface area contributed by atoms with Crippen molar-refractivity contribution in [3.63, 3.8) is 0 Å². The molecule has 1 unspecified atom stereocenters. The molecule has 0 radical (unpaired) electrons. The molecular weight excluding hydrogens is 578 g/mol. The molecule has 11 heteroatoms. The minimum Gasteiger partial charge on any atom is -0.497 e. The van der Waals surface area contributed by atoms with Crippen LogP contribution in [0.1, 0.15) is 55.3 Å². The van der Waals surface area contributed by atoms with Gasteiger partial charge in [0, 0.05) is 19.7 Å². The third kappa shape index (κ3) is 9.94. The number of unbranched alkanes of at least 4 members (excludes halogenated alkanes) is 1. The maximum Gasteiger partial charge on any atom is 0.410 e. The monoisotopic (exact) mass is 621 g/mol. The number of carbonyl (C=O) groups excluding carboxylic acids is 2. The Bertz CT molecular complexity index is 1320. The van der Waals surface area contributed by atoms with Crippen molar-refractivity contribution < 1.29 is 38.4 Å². The van der Waals surface area contributed by atoms with Gasteiger partial charge >= 0.3 is 12.1 Å². The molecule has 2 atom stereocenters. The van der Waals surface area contributed by atoms with Crippen molar-refractivity contribution in [3.8, 4) is 23.0 Å². The van der Waals surface area contributed by atoms with Crippen molar-refractivity contribution >= 4 is 12.1 Å². The lowest BCUT2D eigenvalue weighted by Crippen LogP contribution is -2.46. The van der Waals surface area contributed by atoms with E-state index in [1.165, 1.54) is 0 Å². The average Bonchev–Trinajstić information content (AvgIpc) is 3.54. The Kier molecular flexibility index (Phi) is 12.6. The Morgan fingerprint density at radius 1 is 0.867 bits per heavy atom. The van der Waals surface area contributed by atoms with Gasteiger partial charge in [0.1, 0.15) is 18.1 Å². The number of hydrogen-bond donors (Lipinski definition) is 3. The van der Waals surface area contributed by atoms with Crippen LogP contribution in [-0.2, 0) is 17.8 Å². The second-order valence-electron chi connectivity index (χ2n) is 10.8. The number of methoxy groups -OCH3 is 2. The Morgan fingerprint density at radius 2 is 1.49 bits per heavy atom. The first-order valence-corrected chi connectivity index (χ1v) is 15.2. The second kappa shape index (κ2) is 17.0. The summed E-state index contributed by atoms with van der Waals surface area (Å²) >= 11 is 0. The molecule has 11 nitrogen and oxygen atoms in total. The van der Waals surface area contributed by atoms with Crippen molar-refractivity contribution in [1.82, 2.24) is 15.5 Å². The molecule has 4 rings (SSSR count). The van der Waals surface area contributed by atoms with Crippen LogP contribution in [0, 0.1) is 0 Å². The van der Waals surface area contributed by atoms with Gasteiger partial charge in [0.25, 0.3) is 0 Å². The number of nitrogens with zero attached hydrogens (tertiary/aromatic N) is 1. The summed E-state index contributed by atoms with van der Waals surface area (Å²) in [6, 6.07) is 19.2. The number of rotatable bonds is 16. The molecule has 45 heavy (non-hydrogen) atoms.